The van der Waals surface area contributed by atoms with Crippen molar-refractivity contribution in [3.63, 3.8) is 0 Å². The predicted molar refractivity (Wildman–Crippen MR) is 152 cm³/mol. The number of halogens is 2. The highest BCUT2D eigenvalue weighted by Gasteiger charge is 2.48. The van der Waals surface area contributed by atoms with E-state index in [1.165, 1.54) is 22.7 Å². The SMILES string of the molecule is C[C@@H]1Cc2cc(C(O)=C3C(=O)C(=O)N(c4nnc(SCc5ccccc5F)s4)[C@H]3c3cccc(Cl)c3)ccc2O1. The van der Waals surface area contributed by atoms with Crippen LogP contribution in [0.4, 0.5) is 9.52 Å². The topological polar surface area (TPSA) is 92.6 Å². The van der Waals surface area contributed by atoms with Gasteiger partial charge < -0.3 is 9.84 Å². The van der Waals surface area contributed by atoms with E-state index in [9.17, 15) is 19.1 Å². The molecule has 1 fully saturated rings. The number of aromatic nitrogens is 2. The Morgan fingerprint density at radius 3 is 2.77 bits per heavy atom. The number of amides is 1. The molecule has 0 saturated carbocycles. The monoisotopic (exact) mass is 593 g/mol. The number of ketones is 1. The minimum atomic E-state index is -0.987. The van der Waals surface area contributed by atoms with Gasteiger partial charge >= 0.3 is 5.91 Å². The fourth-order valence-corrected chi connectivity index (χ4v) is 6.91. The molecule has 4 aromatic rings. The van der Waals surface area contributed by atoms with E-state index in [1.54, 1.807) is 60.7 Å². The third-order valence-electron chi connectivity index (χ3n) is 6.69. The highest BCUT2D eigenvalue weighted by atomic mass is 35.5. The van der Waals surface area contributed by atoms with Gasteiger partial charge in [-0.15, -0.1) is 10.2 Å². The van der Waals surface area contributed by atoms with Gasteiger partial charge in [-0.25, -0.2) is 4.39 Å². The van der Waals surface area contributed by atoms with Gasteiger partial charge in [0.25, 0.3) is 5.78 Å². The Hall–Kier alpha value is -3.73. The second-order valence-electron chi connectivity index (χ2n) is 9.41. The molecule has 1 aromatic heterocycles. The van der Waals surface area contributed by atoms with E-state index in [0.717, 1.165) is 22.6 Å². The van der Waals surface area contributed by atoms with Crippen LogP contribution in [0.3, 0.4) is 0 Å². The molecule has 0 aliphatic carbocycles. The molecule has 11 heteroatoms. The number of carbonyl (C=O) groups excluding carboxylic acids is 2. The molecule has 7 nitrogen and oxygen atoms in total. The van der Waals surface area contributed by atoms with Gasteiger partial charge in [-0.3, -0.25) is 14.5 Å². The lowest BCUT2D eigenvalue weighted by atomic mass is 9.94. The quantitative estimate of drug-likeness (QED) is 0.0888. The number of benzene rings is 3. The molecule has 2 aliphatic rings. The molecule has 1 amide bonds. The van der Waals surface area contributed by atoms with Gasteiger partial charge in [-0.1, -0.05) is 65.0 Å². The molecule has 1 N–H and O–H groups in total. The summed E-state index contributed by atoms with van der Waals surface area (Å²) in [5.74, 6) is -1.26. The average Bonchev–Trinajstić information content (AvgIpc) is 3.63. The number of Topliss-reactive ketones (excluding diaryl/α,β-unsaturated/α-hetero) is 1. The number of thioether (sulfide) groups is 1. The van der Waals surface area contributed by atoms with Crippen molar-refractivity contribution in [2.45, 2.75) is 35.6 Å². The number of hydrogen-bond donors (Lipinski definition) is 1. The summed E-state index contributed by atoms with van der Waals surface area (Å²) >= 11 is 8.67. The molecule has 0 unspecified atom stereocenters. The number of fused-ring (bicyclic) bond motifs is 1. The minimum absolute atomic E-state index is 0.00675. The van der Waals surface area contributed by atoms with Crippen molar-refractivity contribution in [2.24, 2.45) is 0 Å². The Morgan fingerprint density at radius 1 is 1.15 bits per heavy atom. The van der Waals surface area contributed by atoms with Crippen LogP contribution in [-0.2, 0) is 21.8 Å². The van der Waals surface area contributed by atoms with Crippen molar-refractivity contribution in [3.8, 4) is 5.75 Å². The van der Waals surface area contributed by atoms with E-state index < -0.39 is 17.7 Å². The van der Waals surface area contributed by atoms with Crippen LogP contribution in [0.15, 0.2) is 76.6 Å². The predicted octanol–water partition coefficient (Wildman–Crippen LogP) is 6.57. The van der Waals surface area contributed by atoms with E-state index >= 15 is 0 Å². The molecule has 0 spiro atoms. The Balaban J connectivity index is 1.39. The average molecular weight is 594 g/mol. The standard InChI is InChI=1S/C29H21ClFN3O4S2/c1-15-11-19-12-17(9-10-22(19)38-15)25(35)23-24(16-6-4-7-20(30)13-16)34(27(37)26(23)36)28-32-33-29(40-28)39-14-18-5-2-3-8-21(18)31/h2-10,12-13,15,24,35H,11,14H2,1H3/t15-,24+/m1/s1. The molecular formula is C29H21ClFN3O4S2. The second-order valence-corrected chi connectivity index (χ2v) is 12.0. The number of carbonyl (C=O) groups is 2. The maximum atomic E-state index is 14.1. The van der Waals surface area contributed by atoms with Crippen LogP contribution >= 0.6 is 34.7 Å². The minimum Gasteiger partial charge on any atom is -0.507 e. The van der Waals surface area contributed by atoms with E-state index in [2.05, 4.69) is 10.2 Å². The molecule has 3 heterocycles. The van der Waals surface area contributed by atoms with E-state index in [0.29, 0.717) is 38.2 Å². The van der Waals surface area contributed by atoms with Crippen LogP contribution in [-0.4, -0.2) is 33.1 Å². The first-order valence-electron chi connectivity index (χ1n) is 12.4. The number of nitrogens with zero attached hydrogens (tertiary/aromatic N) is 3. The van der Waals surface area contributed by atoms with Crippen LogP contribution in [0.5, 0.6) is 5.75 Å². The maximum absolute atomic E-state index is 14.1. The van der Waals surface area contributed by atoms with Crippen LogP contribution in [0, 0.1) is 5.82 Å². The van der Waals surface area contributed by atoms with Crippen molar-refractivity contribution in [2.75, 3.05) is 4.90 Å². The zero-order valence-corrected chi connectivity index (χ0v) is 23.4. The summed E-state index contributed by atoms with van der Waals surface area (Å²) in [5, 5.41) is 20.4. The highest BCUT2D eigenvalue weighted by molar-refractivity contribution is 8.00. The third-order valence-corrected chi connectivity index (χ3v) is 9.03. The zero-order chi connectivity index (χ0) is 28.0. The first-order chi connectivity index (χ1) is 19.3. The Morgan fingerprint density at radius 2 is 1.98 bits per heavy atom. The van der Waals surface area contributed by atoms with Crippen molar-refractivity contribution in [3.05, 3.63) is 105 Å². The number of ether oxygens (including phenoxy) is 1. The molecule has 2 aliphatic heterocycles. The van der Waals surface area contributed by atoms with E-state index in [4.69, 9.17) is 16.3 Å². The largest absolute Gasteiger partial charge is 0.507 e. The van der Waals surface area contributed by atoms with Crippen LogP contribution in [0.2, 0.25) is 5.02 Å². The summed E-state index contributed by atoms with van der Waals surface area (Å²) in [6, 6.07) is 17.4. The van der Waals surface area contributed by atoms with Crippen molar-refractivity contribution in [1.82, 2.24) is 10.2 Å². The van der Waals surface area contributed by atoms with Gasteiger partial charge in [-0.2, -0.15) is 0 Å². The molecular weight excluding hydrogens is 573 g/mol. The summed E-state index contributed by atoms with van der Waals surface area (Å²) in [5.41, 5.74) is 2.28. The molecule has 2 atom stereocenters. The van der Waals surface area contributed by atoms with E-state index in [1.807, 2.05) is 6.92 Å². The molecule has 40 heavy (non-hydrogen) atoms. The smallest absolute Gasteiger partial charge is 0.301 e. The number of rotatable bonds is 6. The number of aliphatic hydroxyl groups excluding tert-OH is 1. The molecule has 6 rings (SSSR count). The Kier molecular flexibility index (Phi) is 7.07. The second kappa shape index (κ2) is 10.7. The Labute approximate surface area is 242 Å². The molecule has 202 valence electrons. The van der Waals surface area contributed by atoms with Gasteiger partial charge in [0.2, 0.25) is 5.13 Å². The molecule has 3 aromatic carbocycles. The Bertz CT molecular complexity index is 1690. The lowest BCUT2D eigenvalue weighted by Crippen LogP contribution is -2.29. The van der Waals surface area contributed by atoms with Gasteiger partial charge in [0.05, 0.1) is 11.6 Å². The van der Waals surface area contributed by atoms with Crippen molar-refractivity contribution >= 4 is 57.3 Å². The van der Waals surface area contributed by atoms with Gasteiger partial charge in [-0.05, 0) is 60.0 Å². The van der Waals surface area contributed by atoms with Gasteiger partial charge in [0.1, 0.15) is 23.4 Å². The first kappa shape index (κ1) is 26.5. The number of anilines is 1. The van der Waals surface area contributed by atoms with Gasteiger partial charge in [0.15, 0.2) is 4.34 Å². The fraction of sp³-hybridized carbons (Fsp3) is 0.172. The summed E-state index contributed by atoms with van der Waals surface area (Å²) in [4.78, 5) is 28.1. The zero-order valence-electron chi connectivity index (χ0n) is 21.0. The molecule has 0 bridgehead atoms. The summed E-state index contributed by atoms with van der Waals surface area (Å²) < 4.78 is 20.3. The van der Waals surface area contributed by atoms with Gasteiger partial charge in [0, 0.05) is 22.8 Å². The van der Waals surface area contributed by atoms with E-state index in [-0.39, 0.29) is 28.4 Å². The van der Waals surface area contributed by atoms with Crippen LogP contribution in [0.1, 0.15) is 35.2 Å². The van der Waals surface area contributed by atoms with Crippen LogP contribution in [0.25, 0.3) is 5.76 Å². The third kappa shape index (κ3) is 4.87. The summed E-state index contributed by atoms with van der Waals surface area (Å²) in [7, 11) is 0. The van der Waals surface area contributed by atoms with Crippen LogP contribution < -0.4 is 9.64 Å². The number of hydrogen-bond acceptors (Lipinski definition) is 8. The number of aliphatic hydroxyl groups is 1. The lowest BCUT2D eigenvalue weighted by Gasteiger charge is -2.22. The normalized spacial score (nSPS) is 19.6. The maximum Gasteiger partial charge on any atom is 0.301 e. The summed E-state index contributed by atoms with van der Waals surface area (Å²) in [6.07, 6.45) is 0.674. The highest BCUT2D eigenvalue weighted by Crippen LogP contribution is 2.45. The molecule has 1 saturated heterocycles. The lowest BCUT2D eigenvalue weighted by molar-refractivity contribution is -0.132. The summed E-state index contributed by atoms with van der Waals surface area (Å²) in [6.45, 7) is 1.95. The fourth-order valence-electron chi connectivity index (χ4n) is 4.86. The first-order valence-corrected chi connectivity index (χ1v) is 14.5. The van der Waals surface area contributed by atoms with Crippen molar-refractivity contribution < 1.29 is 23.8 Å². The molecule has 0 radical (unpaired) electrons. The van der Waals surface area contributed by atoms with Crippen molar-refractivity contribution in [1.29, 1.82) is 0 Å².